The largest absolute Gasteiger partial charge is 0.508 e. The molecule has 0 aliphatic heterocycles. The number of ketones is 1. The van der Waals surface area contributed by atoms with Gasteiger partial charge in [-0.15, -0.1) is 0 Å². The normalized spacial score (nSPS) is 15.9. The van der Waals surface area contributed by atoms with Gasteiger partial charge in [0.2, 0.25) is 5.78 Å². The molecule has 0 spiro atoms. The molecule has 8 heteroatoms. The first-order valence-electron chi connectivity index (χ1n) is 7.82. The van der Waals surface area contributed by atoms with Crippen molar-refractivity contribution in [1.82, 2.24) is 0 Å². The Morgan fingerprint density at radius 2 is 1.67 bits per heavy atom. The topological polar surface area (TPSA) is 108 Å². The second-order valence-corrected chi connectivity index (χ2v) is 6.66. The van der Waals surface area contributed by atoms with Gasteiger partial charge in [-0.3, -0.25) is 4.79 Å². The summed E-state index contributed by atoms with van der Waals surface area (Å²) in [5.41, 5.74) is 8.18. The molecule has 0 amide bonds. The highest BCUT2D eigenvalue weighted by atomic mass is 35.5. The number of phenols is 2. The zero-order valence-corrected chi connectivity index (χ0v) is 15.6. The SMILES string of the molecule is CC1=C(Nc2ccc(O)cc2Cl)C(=O)C=C(N)C1=Nc1ccc(O)cc1Cl. The zero-order chi connectivity index (χ0) is 19.7. The van der Waals surface area contributed by atoms with Crippen LogP contribution in [0.15, 0.2) is 64.4 Å². The Bertz CT molecular complexity index is 1040. The Morgan fingerprint density at radius 3 is 2.30 bits per heavy atom. The molecule has 6 nitrogen and oxygen atoms in total. The number of carbonyl (C=O) groups is 1. The molecule has 5 N–H and O–H groups in total. The average Bonchev–Trinajstić information content (AvgIpc) is 2.58. The Labute approximate surface area is 165 Å². The van der Waals surface area contributed by atoms with Crippen molar-refractivity contribution < 1.29 is 15.0 Å². The van der Waals surface area contributed by atoms with Crippen molar-refractivity contribution in [3.05, 3.63) is 69.5 Å². The number of benzene rings is 2. The summed E-state index contributed by atoms with van der Waals surface area (Å²) < 4.78 is 0. The van der Waals surface area contributed by atoms with Crippen LogP contribution in [0.1, 0.15) is 6.92 Å². The number of rotatable bonds is 3. The number of nitrogens with two attached hydrogens (primary N) is 1. The number of allylic oxidation sites excluding steroid dienone is 2. The van der Waals surface area contributed by atoms with Crippen molar-refractivity contribution in [1.29, 1.82) is 0 Å². The molecule has 3 rings (SSSR count). The number of aliphatic imine (C=N–C) groups is 1. The van der Waals surface area contributed by atoms with Gasteiger partial charge in [-0.05, 0) is 31.2 Å². The van der Waals surface area contributed by atoms with Gasteiger partial charge in [-0.1, -0.05) is 23.2 Å². The molecule has 0 heterocycles. The lowest BCUT2D eigenvalue weighted by atomic mass is 9.97. The summed E-state index contributed by atoms with van der Waals surface area (Å²) in [6, 6.07) is 8.73. The third-order valence-electron chi connectivity index (χ3n) is 3.91. The molecule has 0 saturated carbocycles. The molecular formula is C19H15Cl2N3O3. The minimum absolute atomic E-state index is 0.0135. The Kier molecular flexibility index (Phi) is 5.12. The van der Waals surface area contributed by atoms with Crippen LogP contribution in [0.2, 0.25) is 10.0 Å². The number of nitrogens with zero attached hydrogens (tertiary/aromatic N) is 1. The van der Waals surface area contributed by atoms with Crippen LogP contribution in [0.5, 0.6) is 11.5 Å². The second kappa shape index (κ2) is 7.34. The molecule has 0 aromatic heterocycles. The van der Waals surface area contributed by atoms with Crippen molar-refractivity contribution in [3.8, 4) is 11.5 Å². The smallest absolute Gasteiger partial charge is 0.204 e. The molecule has 2 aromatic carbocycles. The van der Waals surface area contributed by atoms with Gasteiger partial charge in [0.15, 0.2) is 0 Å². The first-order chi connectivity index (χ1) is 12.8. The van der Waals surface area contributed by atoms with E-state index in [0.717, 1.165) is 0 Å². The van der Waals surface area contributed by atoms with Crippen LogP contribution in [0.25, 0.3) is 0 Å². The van der Waals surface area contributed by atoms with E-state index in [-0.39, 0.29) is 38.7 Å². The van der Waals surface area contributed by atoms with Gasteiger partial charge in [0.05, 0.1) is 38.5 Å². The lowest BCUT2D eigenvalue weighted by Gasteiger charge is -2.20. The summed E-state index contributed by atoms with van der Waals surface area (Å²) in [7, 11) is 0. The van der Waals surface area contributed by atoms with Gasteiger partial charge < -0.3 is 21.3 Å². The minimum Gasteiger partial charge on any atom is -0.508 e. The molecule has 0 fully saturated rings. The van der Waals surface area contributed by atoms with Crippen LogP contribution in [0, 0.1) is 0 Å². The van der Waals surface area contributed by atoms with E-state index >= 15 is 0 Å². The molecule has 0 bridgehead atoms. The van der Waals surface area contributed by atoms with E-state index < -0.39 is 0 Å². The molecule has 0 unspecified atom stereocenters. The number of hydrogen-bond acceptors (Lipinski definition) is 6. The van der Waals surface area contributed by atoms with Crippen LogP contribution in [-0.4, -0.2) is 21.7 Å². The van der Waals surface area contributed by atoms with Gasteiger partial charge >= 0.3 is 0 Å². The lowest BCUT2D eigenvalue weighted by molar-refractivity contribution is -0.111. The summed E-state index contributed by atoms with van der Waals surface area (Å²) in [6.07, 6.45) is 1.26. The van der Waals surface area contributed by atoms with Crippen LogP contribution >= 0.6 is 23.2 Å². The van der Waals surface area contributed by atoms with Crippen molar-refractivity contribution in [2.45, 2.75) is 6.92 Å². The monoisotopic (exact) mass is 403 g/mol. The standard InChI is InChI=1S/C19H15Cl2N3O3/c1-9-18(23-15-4-2-10(25)6-12(15)20)14(22)8-17(27)19(9)24-16-5-3-11(26)7-13(16)21/h2-8,24-26H,22H2,1H3. The summed E-state index contributed by atoms with van der Waals surface area (Å²) in [4.78, 5) is 16.9. The molecule has 1 aliphatic carbocycles. The highest BCUT2D eigenvalue weighted by Crippen LogP contribution is 2.32. The summed E-state index contributed by atoms with van der Waals surface area (Å²) >= 11 is 12.2. The molecular weight excluding hydrogens is 389 g/mol. The molecule has 0 radical (unpaired) electrons. The van der Waals surface area contributed by atoms with Gasteiger partial charge in [0.25, 0.3) is 0 Å². The predicted molar refractivity (Wildman–Crippen MR) is 107 cm³/mol. The first kappa shape index (κ1) is 18.8. The first-order valence-corrected chi connectivity index (χ1v) is 8.57. The fraction of sp³-hybridized carbons (Fsp3) is 0.0526. The van der Waals surface area contributed by atoms with E-state index in [1.54, 1.807) is 19.1 Å². The number of halogens is 2. The summed E-state index contributed by atoms with van der Waals surface area (Å²) in [6.45, 7) is 1.70. The van der Waals surface area contributed by atoms with Crippen LogP contribution < -0.4 is 11.1 Å². The molecule has 0 atom stereocenters. The van der Waals surface area contributed by atoms with E-state index in [4.69, 9.17) is 28.9 Å². The van der Waals surface area contributed by atoms with Crippen molar-refractivity contribution in [2.24, 2.45) is 10.7 Å². The number of anilines is 1. The maximum Gasteiger partial charge on any atom is 0.204 e. The number of aromatic hydroxyl groups is 2. The molecule has 138 valence electrons. The summed E-state index contributed by atoms with van der Waals surface area (Å²) in [5, 5.41) is 22.4. The summed E-state index contributed by atoms with van der Waals surface area (Å²) in [5.74, 6) is -0.299. The van der Waals surface area contributed by atoms with Crippen molar-refractivity contribution >= 4 is 46.1 Å². The van der Waals surface area contributed by atoms with E-state index in [1.807, 2.05) is 0 Å². The third-order valence-corrected chi connectivity index (χ3v) is 4.53. The van der Waals surface area contributed by atoms with E-state index in [1.165, 1.54) is 30.3 Å². The van der Waals surface area contributed by atoms with Crippen molar-refractivity contribution in [2.75, 3.05) is 5.32 Å². The van der Waals surface area contributed by atoms with Gasteiger partial charge in [-0.2, -0.15) is 0 Å². The van der Waals surface area contributed by atoms with Crippen LogP contribution in [0.4, 0.5) is 11.4 Å². The predicted octanol–water partition coefficient (Wildman–Crippen LogP) is 4.29. The molecule has 2 aromatic rings. The van der Waals surface area contributed by atoms with Crippen molar-refractivity contribution in [3.63, 3.8) is 0 Å². The average molecular weight is 404 g/mol. The van der Waals surface area contributed by atoms with Gasteiger partial charge in [0, 0.05) is 23.8 Å². The third kappa shape index (κ3) is 3.92. The highest BCUT2D eigenvalue weighted by Gasteiger charge is 2.24. The van der Waals surface area contributed by atoms with E-state index in [2.05, 4.69) is 10.3 Å². The van der Waals surface area contributed by atoms with E-state index in [9.17, 15) is 15.0 Å². The van der Waals surface area contributed by atoms with Crippen LogP contribution in [-0.2, 0) is 4.79 Å². The lowest BCUT2D eigenvalue weighted by Crippen LogP contribution is -2.26. The van der Waals surface area contributed by atoms with E-state index in [0.29, 0.717) is 22.7 Å². The maximum atomic E-state index is 12.4. The Balaban J connectivity index is 2.05. The molecule has 27 heavy (non-hydrogen) atoms. The van der Waals surface area contributed by atoms with Crippen LogP contribution in [0.3, 0.4) is 0 Å². The fourth-order valence-corrected chi connectivity index (χ4v) is 2.99. The number of hydrogen-bond donors (Lipinski definition) is 4. The molecule has 0 saturated heterocycles. The fourth-order valence-electron chi connectivity index (χ4n) is 2.55. The Morgan fingerprint density at radius 1 is 1.04 bits per heavy atom. The minimum atomic E-state index is -0.329. The zero-order valence-electron chi connectivity index (χ0n) is 14.1. The highest BCUT2D eigenvalue weighted by molar-refractivity contribution is 6.34. The molecule has 1 aliphatic rings. The number of phenolic OH excluding ortho intramolecular Hbond substituents is 2. The second-order valence-electron chi connectivity index (χ2n) is 5.85. The quantitative estimate of drug-likeness (QED) is 0.451. The maximum absolute atomic E-state index is 12.4. The number of nitrogens with one attached hydrogen (secondary N) is 1. The Hall–Kier alpha value is -2.96. The van der Waals surface area contributed by atoms with Gasteiger partial charge in [-0.25, -0.2) is 4.99 Å². The number of carbonyl (C=O) groups excluding carboxylic acids is 1. The van der Waals surface area contributed by atoms with Gasteiger partial charge in [0.1, 0.15) is 11.5 Å².